The number of ether oxygens (including phenoxy) is 4. The highest BCUT2D eigenvalue weighted by molar-refractivity contribution is 5.94. The highest BCUT2D eigenvalue weighted by atomic mass is 16.8. The highest BCUT2D eigenvalue weighted by Gasteiger charge is 2.46. The summed E-state index contributed by atoms with van der Waals surface area (Å²) in [6, 6.07) is 0. The van der Waals surface area contributed by atoms with Gasteiger partial charge in [-0.15, -0.1) is 6.58 Å². The van der Waals surface area contributed by atoms with Gasteiger partial charge in [0, 0.05) is 0 Å². The third-order valence-electron chi connectivity index (χ3n) is 4.39. The van der Waals surface area contributed by atoms with Crippen molar-refractivity contribution in [1.82, 2.24) is 0 Å². The molecule has 3 aliphatic rings. The van der Waals surface area contributed by atoms with Crippen LogP contribution in [0.4, 0.5) is 0 Å². The predicted molar refractivity (Wildman–Crippen MR) is 80.5 cm³/mol. The van der Waals surface area contributed by atoms with Crippen molar-refractivity contribution < 1.29 is 44.2 Å². The number of hydrogen-bond donors (Lipinski definition) is 4. The number of aliphatic hydroxyl groups is 4. The maximum atomic E-state index is 11.8. The maximum absolute atomic E-state index is 11.8. The fraction of sp³-hybridized carbons (Fsp3) is 0.562. The summed E-state index contributed by atoms with van der Waals surface area (Å²) in [6.07, 6.45) is -3.61. The molecular formula is C16H20O9. The van der Waals surface area contributed by atoms with Crippen LogP contribution >= 0.6 is 0 Å². The Labute approximate surface area is 143 Å². The van der Waals surface area contributed by atoms with Gasteiger partial charge in [0.25, 0.3) is 0 Å². The first-order valence-electron chi connectivity index (χ1n) is 7.79. The molecule has 3 aliphatic heterocycles. The van der Waals surface area contributed by atoms with Gasteiger partial charge in [-0.25, -0.2) is 4.79 Å². The van der Waals surface area contributed by atoms with E-state index in [1.807, 2.05) is 0 Å². The molecule has 7 atom stereocenters. The van der Waals surface area contributed by atoms with Crippen molar-refractivity contribution in [2.45, 2.75) is 37.0 Å². The molecule has 1 saturated heterocycles. The summed E-state index contributed by atoms with van der Waals surface area (Å²) in [4.78, 5) is 11.8. The summed E-state index contributed by atoms with van der Waals surface area (Å²) in [5.41, 5.74) is 0.872. The first-order valence-corrected chi connectivity index (χ1v) is 7.79. The van der Waals surface area contributed by atoms with Crippen LogP contribution in [-0.2, 0) is 23.7 Å². The van der Waals surface area contributed by atoms with Gasteiger partial charge >= 0.3 is 5.97 Å². The van der Waals surface area contributed by atoms with E-state index in [9.17, 15) is 25.2 Å². The number of hydrogen-bond acceptors (Lipinski definition) is 9. The van der Waals surface area contributed by atoms with Crippen LogP contribution in [-0.4, -0.2) is 76.6 Å². The SMILES string of the molecule is C=C[C@@H]1C2=CCOC(=O)C2=CO[C@H]1O[C@H]1O[C@@H](CO)[C@@H](O)[C@@H](O)[C@H]1O. The Morgan fingerprint density at radius 1 is 1.24 bits per heavy atom. The second kappa shape index (κ2) is 7.24. The lowest BCUT2D eigenvalue weighted by atomic mass is 9.89. The van der Waals surface area contributed by atoms with Gasteiger partial charge in [0.2, 0.25) is 6.29 Å². The molecule has 0 aromatic rings. The van der Waals surface area contributed by atoms with E-state index < -0.39 is 55.5 Å². The zero-order chi connectivity index (χ0) is 18.1. The Hall–Kier alpha value is -1.75. The van der Waals surface area contributed by atoms with Gasteiger partial charge in [-0.3, -0.25) is 0 Å². The van der Waals surface area contributed by atoms with Crippen molar-refractivity contribution in [3.63, 3.8) is 0 Å². The molecule has 3 rings (SSSR count). The van der Waals surface area contributed by atoms with E-state index in [-0.39, 0.29) is 12.2 Å². The van der Waals surface area contributed by atoms with E-state index in [1.54, 1.807) is 6.08 Å². The molecule has 0 radical (unpaired) electrons. The average Bonchev–Trinajstić information content (AvgIpc) is 2.62. The van der Waals surface area contributed by atoms with Crippen LogP contribution in [0, 0.1) is 5.92 Å². The normalized spacial score (nSPS) is 41.0. The molecule has 0 unspecified atom stereocenters. The largest absolute Gasteiger partial charge is 0.471 e. The summed E-state index contributed by atoms with van der Waals surface area (Å²) >= 11 is 0. The maximum Gasteiger partial charge on any atom is 0.341 e. The van der Waals surface area contributed by atoms with Crippen LogP contribution < -0.4 is 0 Å². The lowest BCUT2D eigenvalue weighted by molar-refractivity contribution is -0.336. The second-order valence-corrected chi connectivity index (χ2v) is 5.89. The molecule has 0 saturated carbocycles. The molecule has 0 aliphatic carbocycles. The quantitative estimate of drug-likeness (QED) is 0.344. The fourth-order valence-corrected chi connectivity index (χ4v) is 2.98. The van der Waals surface area contributed by atoms with Gasteiger partial charge in [0.05, 0.1) is 18.1 Å². The van der Waals surface area contributed by atoms with Crippen molar-refractivity contribution in [2.24, 2.45) is 5.92 Å². The van der Waals surface area contributed by atoms with E-state index >= 15 is 0 Å². The van der Waals surface area contributed by atoms with Crippen molar-refractivity contribution in [2.75, 3.05) is 13.2 Å². The summed E-state index contributed by atoms with van der Waals surface area (Å²) in [7, 11) is 0. The molecule has 138 valence electrons. The number of esters is 1. The summed E-state index contributed by atoms with van der Waals surface area (Å²) in [5, 5.41) is 38.9. The summed E-state index contributed by atoms with van der Waals surface area (Å²) in [5.74, 6) is -1.06. The number of aliphatic hydroxyl groups excluding tert-OH is 4. The molecule has 0 spiro atoms. The number of cyclic esters (lactones) is 1. The Bertz CT molecular complexity index is 596. The summed E-state index contributed by atoms with van der Waals surface area (Å²) < 4.78 is 21.2. The van der Waals surface area contributed by atoms with E-state index in [0.29, 0.717) is 5.57 Å². The standard InChI is InChI=1S/C16H20O9/c1-2-7-8-3-4-22-14(21)9(8)6-23-15(7)25-16-13(20)12(19)11(18)10(5-17)24-16/h2-3,6-7,10-13,15-20H,1,4-5H2/t7-,10+,11-,12-,13-,15+,16-/m1/s1. The minimum Gasteiger partial charge on any atom is -0.471 e. The van der Waals surface area contributed by atoms with Gasteiger partial charge in [0.15, 0.2) is 6.29 Å². The third kappa shape index (κ3) is 3.22. The molecule has 0 aromatic carbocycles. The zero-order valence-corrected chi connectivity index (χ0v) is 13.2. The Morgan fingerprint density at radius 2 is 2.00 bits per heavy atom. The number of carbonyl (C=O) groups is 1. The lowest BCUT2D eigenvalue weighted by Crippen LogP contribution is -2.60. The van der Waals surface area contributed by atoms with Crippen LogP contribution in [0.2, 0.25) is 0 Å². The summed E-state index contributed by atoms with van der Waals surface area (Å²) in [6.45, 7) is 3.25. The smallest absolute Gasteiger partial charge is 0.341 e. The van der Waals surface area contributed by atoms with Crippen LogP contribution in [0.3, 0.4) is 0 Å². The van der Waals surface area contributed by atoms with E-state index in [4.69, 9.17) is 18.9 Å². The third-order valence-corrected chi connectivity index (χ3v) is 4.39. The minimum absolute atomic E-state index is 0.114. The molecule has 9 nitrogen and oxygen atoms in total. The first-order chi connectivity index (χ1) is 12.0. The molecule has 0 aromatic heterocycles. The number of carbonyl (C=O) groups excluding carboxylic acids is 1. The molecule has 0 bridgehead atoms. The van der Waals surface area contributed by atoms with Crippen molar-refractivity contribution in [1.29, 1.82) is 0 Å². The highest BCUT2D eigenvalue weighted by Crippen LogP contribution is 2.35. The molecule has 0 amide bonds. The van der Waals surface area contributed by atoms with Crippen molar-refractivity contribution >= 4 is 5.97 Å². The van der Waals surface area contributed by atoms with E-state index in [1.165, 1.54) is 12.3 Å². The molecule has 9 heteroatoms. The number of fused-ring (bicyclic) bond motifs is 1. The van der Waals surface area contributed by atoms with Gasteiger partial charge in [-0.1, -0.05) is 6.08 Å². The van der Waals surface area contributed by atoms with Gasteiger partial charge < -0.3 is 39.4 Å². The molecule has 3 heterocycles. The molecule has 1 fully saturated rings. The minimum atomic E-state index is -1.56. The van der Waals surface area contributed by atoms with E-state index in [2.05, 4.69) is 6.58 Å². The Morgan fingerprint density at radius 3 is 2.68 bits per heavy atom. The Kier molecular flexibility index (Phi) is 5.23. The number of rotatable bonds is 4. The van der Waals surface area contributed by atoms with Crippen LogP contribution in [0.5, 0.6) is 0 Å². The van der Waals surface area contributed by atoms with Gasteiger partial charge in [0.1, 0.15) is 37.3 Å². The lowest BCUT2D eigenvalue weighted by Gasteiger charge is -2.42. The second-order valence-electron chi connectivity index (χ2n) is 5.89. The van der Waals surface area contributed by atoms with Crippen LogP contribution in [0.25, 0.3) is 0 Å². The zero-order valence-electron chi connectivity index (χ0n) is 13.2. The fourth-order valence-electron chi connectivity index (χ4n) is 2.98. The van der Waals surface area contributed by atoms with Crippen molar-refractivity contribution in [3.05, 3.63) is 36.1 Å². The monoisotopic (exact) mass is 356 g/mol. The van der Waals surface area contributed by atoms with Crippen molar-refractivity contribution in [3.8, 4) is 0 Å². The molecule has 25 heavy (non-hydrogen) atoms. The van der Waals surface area contributed by atoms with Crippen LogP contribution in [0.1, 0.15) is 0 Å². The molecular weight excluding hydrogens is 336 g/mol. The Balaban J connectivity index is 1.78. The topological polar surface area (TPSA) is 135 Å². The first kappa shape index (κ1) is 18.1. The van der Waals surface area contributed by atoms with E-state index in [0.717, 1.165) is 0 Å². The van der Waals surface area contributed by atoms with Crippen LogP contribution in [0.15, 0.2) is 36.1 Å². The average molecular weight is 356 g/mol. The van der Waals surface area contributed by atoms with Gasteiger partial charge in [-0.2, -0.15) is 0 Å². The predicted octanol–water partition coefficient (Wildman–Crippen LogP) is -1.67. The van der Waals surface area contributed by atoms with Gasteiger partial charge in [-0.05, 0) is 11.6 Å². The molecule has 4 N–H and O–H groups in total.